The summed E-state index contributed by atoms with van der Waals surface area (Å²) in [5.41, 5.74) is 2.83. The highest BCUT2D eigenvalue weighted by Crippen LogP contribution is 2.37. The van der Waals surface area contributed by atoms with Crippen LogP contribution in [0.15, 0.2) is 60.8 Å². The molecule has 0 atom stereocenters. The van der Waals surface area contributed by atoms with Crippen LogP contribution < -0.4 is 4.74 Å². The minimum Gasteiger partial charge on any atom is -0.497 e. The van der Waals surface area contributed by atoms with E-state index in [4.69, 9.17) is 9.47 Å². The zero-order chi connectivity index (χ0) is 19.7. The van der Waals surface area contributed by atoms with Gasteiger partial charge < -0.3 is 13.9 Å². The van der Waals surface area contributed by atoms with E-state index in [0.29, 0.717) is 28.1 Å². The molecule has 0 spiro atoms. The highest BCUT2D eigenvalue weighted by atomic mass is 16.5. The summed E-state index contributed by atoms with van der Waals surface area (Å²) in [6.45, 7) is 2.02. The molecule has 0 bridgehead atoms. The van der Waals surface area contributed by atoms with E-state index in [-0.39, 0.29) is 6.61 Å². The molecule has 0 saturated heterocycles. The number of hydrogen-bond donors (Lipinski definition) is 0. The van der Waals surface area contributed by atoms with E-state index in [9.17, 15) is 10.1 Å². The Bertz CT molecular complexity index is 1230. The molecule has 4 rings (SSSR count). The Morgan fingerprint density at radius 1 is 1.11 bits per heavy atom. The van der Waals surface area contributed by atoms with Gasteiger partial charge in [-0.2, -0.15) is 5.26 Å². The Labute approximate surface area is 162 Å². The van der Waals surface area contributed by atoms with Gasteiger partial charge in [-0.3, -0.25) is 0 Å². The van der Waals surface area contributed by atoms with Gasteiger partial charge in [0.15, 0.2) is 0 Å². The Hall–Kier alpha value is -3.78. The number of nitrogens with zero attached hydrogens (tertiary/aromatic N) is 2. The monoisotopic (exact) mass is 370 g/mol. The van der Waals surface area contributed by atoms with Crippen molar-refractivity contribution in [3.05, 3.63) is 72.1 Å². The molecule has 138 valence electrons. The van der Waals surface area contributed by atoms with E-state index < -0.39 is 5.97 Å². The molecule has 0 unspecified atom stereocenters. The number of rotatable bonds is 4. The Kier molecular flexibility index (Phi) is 4.46. The summed E-state index contributed by atoms with van der Waals surface area (Å²) in [5, 5.41) is 11.9. The number of esters is 1. The van der Waals surface area contributed by atoms with Gasteiger partial charge in [0.05, 0.1) is 24.8 Å². The minimum atomic E-state index is -0.458. The summed E-state index contributed by atoms with van der Waals surface area (Å²) in [6.07, 6.45) is 1.82. The van der Waals surface area contributed by atoms with Crippen molar-refractivity contribution in [3.8, 4) is 22.9 Å². The van der Waals surface area contributed by atoms with E-state index in [1.54, 1.807) is 18.4 Å². The molecular weight excluding hydrogens is 352 g/mol. The summed E-state index contributed by atoms with van der Waals surface area (Å²) >= 11 is 0. The molecule has 0 amide bonds. The molecule has 2 aromatic heterocycles. The zero-order valence-corrected chi connectivity index (χ0v) is 15.6. The van der Waals surface area contributed by atoms with Gasteiger partial charge in [0.2, 0.25) is 0 Å². The maximum atomic E-state index is 12.9. The third kappa shape index (κ3) is 2.67. The average molecular weight is 370 g/mol. The highest BCUT2D eigenvalue weighted by Gasteiger charge is 2.26. The van der Waals surface area contributed by atoms with E-state index >= 15 is 0 Å². The van der Waals surface area contributed by atoms with Crippen LogP contribution in [-0.4, -0.2) is 24.1 Å². The lowest BCUT2D eigenvalue weighted by atomic mass is 10.00. The van der Waals surface area contributed by atoms with Crippen LogP contribution in [0.25, 0.3) is 27.4 Å². The average Bonchev–Trinajstić information content (AvgIpc) is 3.08. The molecule has 0 aliphatic carbocycles. The predicted octanol–water partition coefficient (Wildman–Crippen LogP) is 4.82. The van der Waals surface area contributed by atoms with Crippen LogP contribution in [0.2, 0.25) is 0 Å². The molecule has 0 fully saturated rings. The molecule has 0 N–H and O–H groups in total. The van der Waals surface area contributed by atoms with Crippen LogP contribution in [-0.2, 0) is 4.74 Å². The fourth-order valence-corrected chi connectivity index (χ4v) is 3.56. The summed E-state index contributed by atoms with van der Waals surface area (Å²) < 4.78 is 12.3. The maximum Gasteiger partial charge on any atom is 0.356 e. The quantitative estimate of drug-likeness (QED) is 0.483. The van der Waals surface area contributed by atoms with Crippen LogP contribution in [0.3, 0.4) is 0 Å². The van der Waals surface area contributed by atoms with Crippen molar-refractivity contribution in [2.75, 3.05) is 13.7 Å². The lowest BCUT2D eigenvalue weighted by Crippen LogP contribution is -2.09. The first-order valence-electron chi connectivity index (χ1n) is 8.97. The normalized spacial score (nSPS) is 10.8. The van der Waals surface area contributed by atoms with Gasteiger partial charge in [-0.25, -0.2) is 4.79 Å². The Morgan fingerprint density at radius 2 is 1.86 bits per heavy atom. The van der Waals surface area contributed by atoms with Gasteiger partial charge in [0.25, 0.3) is 0 Å². The van der Waals surface area contributed by atoms with E-state index in [2.05, 4.69) is 6.07 Å². The number of nitriles is 1. The van der Waals surface area contributed by atoms with Crippen molar-refractivity contribution in [3.63, 3.8) is 0 Å². The number of hydrogen-bond acceptors (Lipinski definition) is 4. The molecule has 2 aromatic carbocycles. The number of carbonyl (C=O) groups is 1. The largest absolute Gasteiger partial charge is 0.497 e. The van der Waals surface area contributed by atoms with E-state index in [1.165, 1.54) is 0 Å². The second-order valence-corrected chi connectivity index (χ2v) is 6.28. The molecule has 0 aliphatic heterocycles. The molecule has 28 heavy (non-hydrogen) atoms. The van der Waals surface area contributed by atoms with Crippen molar-refractivity contribution < 1.29 is 14.3 Å². The second-order valence-electron chi connectivity index (χ2n) is 6.28. The minimum absolute atomic E-state index is 0.254. The number of ether oxygens (including phenoxy) is 2. The van der Waals surface area contributed by atoms with Crippen LogP contribution in [0.5, 0.6) is 5.75 Å². The first-order valence-corrected chi connectivity index (χ1v) is 8.97. The van der Waals surface area contributed by atoms with E-state index in [1.807, 2.05) is 60.8 Å². The molecule has 5 nitrogen and oxygen atoms in total. The molecule has 0 aliphatic rings. The lowest BCUT2D eigenvalue weighted by molar-refractivity contribution is 0.0519. The van der Waals surface area contributed by atoms with E-state index in [0.717, 1.165) is 16.3 Å². The number of fused-ring (bicyclic) bond motifs is 3. The Balaban J connectivity index is 2.14. The molecule has 2 heterocycles. The molecular formula is C23H18N2O3. The van der Waals surface area contributed by atoms with Gasteiger partial charge in [0, 0.05) is 17.1 Å². The number of pyridine rings is 1. The molecule has 0 saturated carbocycles. The number of aromatic nitrogens is 1. The molecule has 5 heteroatoms. The van der Waals surface area contributed by atoms with Crippen molar-refractivity contribution in [1.29, 1.82) is 5.26 Å². The van der Waals surface area contributed by atoms with Crippen molar-refractivity contribution in [2.45, 2.75) is 6.92 Å². The van der Waals surface area contributed by atoms with Crippen LogP contribution in [0, 0.1) is 11.3 Å². The smallest absolute Gasteiger partial charge is 0.356 e. The van der Waals surface area contributed by atoms with Crippen molar-refractivity contribution >= 4 is 22.3 Å². The van der Waals surface area contributed by atoms with Crippen molar-refractivity contribution in [1.82, 2.24) is 4.40 Å². The number of methoxy groups -OCH3 is 1. The second kappa shape index (κ2) is 7.09. The maximum absolute atomic E-state index is 12.9. The highest BCUT2D eigenvalue weighted by molar-refractivity contribution is 6.08. The predicted molar refractivity (Wildman–Crippen MR) is 108 cm³/mol. The topological polar surface area (TPSA) is 63.7 Å². The third-order valence-electron chi connectivity index (χ3n) is 4.78. The fraction of sp³-hybridized carbons (Fsp3) is 0.130. The van der Waals surface area contributed by atoms with Crippen LogP contribution >= 0.6 is 0 Å². The molecule has 4 aromatic rings. The summed E-state index contributed by atoms with van der Waals surface area (Å²) in [4.78, 5) is 12.9. The summed E-state index contributed by atoms with van der Waals surface area (Å²) in [6, 6.07) is 19.4. The lowest BCUT2D eigenvalue weighted by Gasteiger charge is -2.08. The first kappa shape index (κ1) is 17.6. The van der Waals surface area contributed by atoms with Crippen LogP contribution in [0.4, 0.5) is 0 Å². The van der Waals surface area contributed by atoms with Gasteiger partial charge in [-0.15, -0.1) is 0 Å². The van der Waals surface area contributed by atoms with Crippen molar-refractivity contribution in [2.24, 2.45) is 0 Å². The fourth-order valence-electron chi connectivity index (χ4n) is 3.56. The van der Waals surface area contributed by atoms with Gasteiger partial charge in [-0.1, -0.05) is 36.4 Å². The third-order valence-corrected chi connectivity index (χ3v) is 4.78. The van der Waals surface area contributed by atoms with Gasteiger partial charge >= 0.3 is 5.97 Å². The molecule has 0 radical (unpaired) electrons. The SMILES string of the molecule is CCOC(=O)c1c(-c2ccc(OC)cc2)c(C#N)c2c3ccccc3ccn12. The number of carbonyl (C=O) groups excluding carboxylic acids is 1. The first-order chi connectivity index (χ1) is 13.7. The summed E-state index contributed by atoms with van der Waals surface area (Å²) in [7, 11) is 1.60. The standard InChI is InChI=1S/C23H18N2O3/c1-3-28-23(26)22-20(16-8-10-17(27-2)11-9-16)19(14-24)21-18-7-5-4-6-15(18)12-13-25(21)22/h4-13H,3H2,1-2H3. The summed E-state index contributed by atoms with van der Waals surface area (Å²) in [5.74, 6) is 0.245. The van der Waals surface area contributed by atoms with Gasteiger partial charge in [-0.05, 0) is 36.1 Å². The zero-order valence-electron chi connectivity index (χ0n) is 15.6. The number of benzene rings is 2. The van der Waals surface area contributed by atoms with Crippen LogP contribution in [0.1, 0.15) is 23.0 Å². The Morgan fingerprint density at radius 3 is 2.54 bits per heavy atom. The van der Waals surface area contributed by atoms with Gasteiger partial charge in [0.1, 0.15) is 17.5 Å².